The van der Waals surface area contributed by atoms with Gasteiger partial charge in [-0.15, -0.1) is 0 Å². The molecule has 1 aromatic carbocycles. The molecule has 0 spiro atoms. The third-order valence-corrected chi connectivity index (χ3v) is 9.14. The van der Waals surface area contributed by atoms with Crippen molar-refractivity contribution >= 4 is 21.9 Å². The third kappa shape index (κ3) is 3.58. The second-order valence-electron chi connectivity index (χ2n) is 9.51. The summed E-state index contributed by atoms with van der Waals surface area (Å²) in [5.74, 6) is -0.201. The van der Waals surface area contributed by atoms with E-state index in [-0.39, 0.29) is 40.2 Å². The van der Waals surface area contributed by atoms with Crippen molar-refractivity contribution in [3.05, 3.63) is 34.9 Å². The number of rotatable bonds is 4. The fourth-order valence-electron chi connectivity index (χ4n) is 5.75. The summed E-state index contributed by atoms with van der Waals surface area (Å²) < 4.78 is 0. The van der Waals surface area contributed by atoms with E-state index >= 15 is 0 Å². The number of aliphatic carboxylic acids is 1. The maximum Gasteiger partial charge on any atom is 0.307 e. The molecule has 1 aromatic rings. The van der Waals surface area contributed by atoms with Crippen LogP contribution in [0.15, 0.2) is 23.8 Å². The minimum Gasteiger partial charge on any atom is -0.508 e. The quantitative estimate of drug-likeness (QED) is 0.324. The number of fused-ring (bicyclic) bond motifs is 1. The lowest BCUT2D eigenvalue weighted by Gasteiger charge is -2.58. The molecule has 0 amide bonds. The number of phenols is 2. The van der Waals surface area contributed by atoms with E-state index in [1.54, 1.807) is 6.07 Å². The Hall–Kier alpha value is -1.49. The molecule has 0 radical (unpaired) electrons. The monoisotopic (exact) mass is 450 g/mol. The number of phenolic OH excluding ortho intramolecular Hbond substituents is 2. The Kier molecular flexibility index (Phi) is 5.61. The first-order chi connectivity index (χ1) is 13.0. The number of alkyl halides is 1. The van der Waals surface area contributed by atoms with E-state index in [4.69, 9.17) is 5.11 Å². The van der Waals surface area contributed by atoms with Gasteiger partial charge in [0.15, 0.2) is 0 Å². The number of hydrogen-bond donors (Lipinski definition) is 3. The summed E-state index contributed by atoms with van der Waals surface area (Å²) in [6.45, 7) is 9.26. The van der Waals surface area contributed by atoms with Gasteiger partial charge in [-0.2, -0.15) is 0 Å². The van der Waals surface area contributed by atoms with Gasteiger partial charge in [0.05, 0.1) is 6.42 Å². The fourth-order valence-corrected chi connectivity index (χ4v) is 6.30. The number of benzene rings is 1. The first-order valence-corrected chi connectivity index (χ1v) is 10.9. The Morgan fingerprint density at radius 3 is 2.43 bits per heavy atom. The van der Waals surface area contributed by atoms with Gasteiger partial charge in [0, 0.05) is 10.4 Å². The van der Waals surface area contributed by atoms with Crippen LogP contribution in [0.3, 0.4) is 0 Å². The van der Waals surface area contributed by atoms with Crippen molar-refractivity contribution in [3.63, 3.8) is 0 Å². The van der Waals surface area contributed by atoms with E-state index in [0.29, 0.717) is 22.7 Å². The average molecular weight is 451 g/mol. The molecule has 5 heteroatoms. The minimum atomic E-state index is -1.03. The highest BCUT2D eigenvalue weighted by Crippen LogP contribution is 2.61. The topological polar surface area (TPSA) is 77.8 Å². The van der Waals surface area contributed by atoms with E-state index in [9.17, 15) is 15.0 Å². The molecular formula is C23H31BrO4. The van der Waals surface area contributed by atoms with Crippen molar-refractivity contribution in [1.29, 1.82) is 0 Å². The van der Waals surface area contributed by atoms with E-state index in [0.717, 1.165) is 19.3 Å². The lowest BCUT2D eigenvalue weighted by molar-refractivity contribution is -0.136. The van der Waals surface area contributed by atoms with Crippen molar-refractivity contribution in [3.8, 4) is 11.5 Å². The molecule has 154 valence electrons. The van der Waals surface area contributed by atoms with Crippen molar-refractivity contribution in [2.45, 2.75) is 64.6 Å². The molecule has 0 heterocycles. The molecule has 0 saturated heterocycles. The number of aromatic hydroxyl groups is 2. The van der Waals surface area contributed by atoms with Crippen LogP contribution in [0.1, 0.15) is 58.1 Å². The van der Waals surface area contributed by atoms with Crippen LogP contribution in [-0.2, 0) is 17.6 Å². The molecule has 1 saturated carbocycles. The summed E-state index contributed by atoms with van der Waals surface area (Å²) in [6, 6.07) is 2.95. The molecule has 4 nitrogen and oxygen atoms in total. The van der Waals surface area contributed by atoms with Gasteiger partial charge in [-0.3, -0.25) is 4.79 Å². The lowest BCUT2D eigenvalue weighted by Crippen LogP contribution is -2.52. The number of hydrogen-bond acceptors (Lipinski definition) is 3. The normalized spacial score (nSPS) is 31.8. The van der Waals surface area contributed by atoms with Crippen LogP contribution in [0.2, 0.25) is 0 Å². The first-order valence-electron chi connectivity index (χ1n) is 10.0. The summed E-state index contributed by atoms with van der Waals surface area (Å²) in [5, 5.41) is 29.8. The molecule has 0 unspecified atom stereocenters. The Morgan fingerprint density at radius 1 is 1.18 bits per heavy atom. The highest BCUT2D eigenvalue weighted by molar-refractivity contribution is 9.09. The summed E-state index contributed by atoms with van der Waals surface area (Å²) in [7, 11) is 0. The van der Waals surface area contributed by atoms with Gasteiger partial charge in [0.25, 0.3) is 0 Å². The average Bonchev–Trinajstić information content (AvgIpc) is 2.58. The Bertz CT molecular complexity index is 813. The van der Waals surface area contributed by atoms with Crippen LogP contribution < -0.4 is 0 Å². The summed E-state index contributed by atoms with van der Waals surface area (Å²) in [4.78, 5) is 11.5. The van der Waals surface area contributed by atoms with Crippen molar-refractivity contribution in [2.24, 2.45) is 22.7 Å². The first kappa shape index (κ1) is 21.2. The second kappa shape index (κ2) is 7.40. The standard InChI is InChI=1S/C23H31BrO4/c1-13-5-6-19-22(2,3)20(24)7-8-23(19,4)16(13)9-14-10-18(26)15(11-17(14)25)12-21(27)28/h5,10-11,16,19-20,25-26H,6-9,12H2,1-4H3,(H,27,28)/t16-,19+,20+,23-/m1/s1. The maximum absolute atomic E-state index is 11.0. The number of allylic oxidation sites excluding steroid dienone is 2. The number of halogens is 1. The Balaban J connectivity index is 1.95. The van der Waals surface area contributed by atoms with Gasteiger partial charge in [-0.1, -0.05) is 48.4 Å². The van der Waals surface area contributed by atoms with Crippen LogP contribution in [0, 0.1) is 22.7 Å². The van der Waals surface area contributed by atoms with Gasteiger partial charge >= 0.3 is 5.97 Å². The minimum absolute atomic E-state index is 0.0566. The molecule has 2 aliphatic rings. The Labute approximate surface area is 175 Å². The predicted molar refractivity (Wildman–Crippen MR) is 114 cm³/mol. The van der Waals surface area contributed by atoms with Gasteiger partial charge in [-0.05, 0) is 73.0 Å². The van der Waals surface area contributed by atoms with E-state index in [1.807, 2.05) is 0 Å². The zero-order chi connectivity index (χ0) is 20.9. The Morgan fingerprint density at radius 2 is 1.79 bits per heavy atom. The highest BCUT2D eigenvalue weighted by atomic mass is 79.9. The molecule has 0 aromatic heterocycles. The second-order valence-corrected chi connectivity index (χ2v) is 10.6. The van der Waals surface area contributed by atoms with Crippen LogP contribution in [0.25, 0.3) is 0 Å². The summed E-state index contributed by atoms with van der Waals surface area (Å²) >= 11 is 3.90. The summed E-state index contributed by atoms with van der Waals surface area (Å²) in [5.41, 5.74) is 2.57. The lowest BCUT2D eigenvalue weighted by atomic mass is 9.48. The number of carboxylic acids is 1. The van der Waals surface area contributed by atoms with Crippen LogP contribution in [0.5, 0.6) is 11.5 Å². The zero-order valence-electron chi connectivity index (χ0n) is 17.1. The van der Waals surface area contributed by atoms with Crippen molar-refractivity contribution < 1.29 is 20.1 Å². The van der Waals surface area contributed by atoms with Crippen molar-refractivity contribution in [2.75, 3.05) is 0 Å². The molecule has 3 rings (SSSR count). The van der Waals surface area contributed by atoms with Gasteiger partial charge in [0.2, 0.25) is 0 Å². The molecule has 3 N–H and O–H groups in total. The number of carboxylic acid groups (broad SMARTS) is 1. The molecule has 4 atom stereocenters. The van der Waals surface area contributed by atoms with Gasteiger partial charge in [0.1, 0.15) is 11.5 Å². The fraction of sp³-hybridized carbons (Fsp3) is 0.609. The molecule has 0 bridgehead atoms. The molecule has 2 aliphatic carbocycles. The summed E-state index contributed by atoms with van der Waals surface area (Å²) in [6.07, 6.45) is 6.01. The van der Waals surface area contributed by atoms with Crippen LogP contribution in [-0.4, -0.2) is 26.1 Å². The van der Waals surface area contributed by atoms with Gasteiger partial charge in [-0.25, -0.2) is 0 Å². The zero-order valence-corrected chi connectivity index (χ0v) is 18.7. The van der Waals surface area contributed by atoms with Crippen LogP contribution >= 0.6 is 15.9 Å². The predicted octanol–water partition coefficient (Wildman–Crippen LogP) is 5.44. The third-order valence-electron chi connectivity index (χ3n) is 7.50. The van der Waals surface area contributed by atoms with Gasteiger partial charge < -0.3 is 15.3 Å². The molecule has 28 heavy (non-hydrogen) atoms. The number of carbonyl (C=O) groups is 1. The molecular weight excluding hydrogens is 420 g/mol. The van der Waals surface area contributed by atoms with Crippen LogP contribution in [0.4, 0.5) is 0 Å². The van der Waals surface area contributed by atoms with E-state index in [1.165, 1.54) is 11.6 Å². The van der Waals surface area contributed by atoms with E-state index < -0.39 is 5.97 Å². The van der Waals surface area contributed by atoms with Crippen molar-refractivity contribution in [1.82, 2.24) is 0 Å². The maximum atomic E-state index is 11.0. The molecule has 0 aliphatic heterocycles. The SMILES string of the molecule is CC1=CC[C@H]2C(C)(C)[C@@H](Br)CC[C@]2(C)[C@@H]1Cc1cc(O)c(CC(=O)O)cc1O. The largest absolute Gasteiger partial charge is 0.508 e. The smallest absolute Gasteiger partial charge is 0.307 e. The molecule has 1 fully saturated rings. The highest BCUT2D eigenvalue weighted by Gasteiger charge is 2.54. The van der Waals surface area contributed by atoms with E-state index in [2.05, 4.69) is 49.7 Å².